The Morgan fingerprint density at radius 3 is 2.52 bits per heavy atom. The Morgan fingerprint density at radius 2 is 1.90 bits per heavy atom. The predicted octanol–water partition coefficient (Wildman–Crippen LogP) is 5.49. The molecule has 1 amide bonds. The van der Waals surface area contributed by atoms with Gasteiger partial charge in [-0.3, -0.25) is 4.79 Å². The molecule has 0 unspecified atom stereocenters. The van der Waals surface area contributed by atoms with E-state index in [2.05, 4.69) is 5.32 Å². The standard InChI is InChI=1S/C23H22ClNO5S/c1-13(2)30-17-5-6-18(19(24)10-17)22(26)25-11-15-8-14(4-7-20(15)29-3)16-9-21(23(27)28)31-12-16/h4-10,12-13H,11H2,1-3H3,(H,25,26)(H,27,28). The Hall–Kier alpha value is -3.03. The van der Waals surface area contributed by atoms with Crippen molar-refractivity contribution in [3.8, 4) is 22.6 Å². The number of thiophene rings is 1. The van der Waals surface area contributed by atoms with Gasteiger partial charge in [0.2, 0.25) is 0 Å². The van der Waals surface area contributed by atoms with E-state index in [4.69, 9.17) is 26.2 Å². The lowest BCUT2D eigenvalue weighted by molar-refractivity contribution is 0.0702. The molecule has 0 radical (unpaired) electrons. The molecular formula is C23H22ClNO5S. The molecule has 1 heterocycles. The normalized spacial score (nSPS) is 10.7. The van der Waals surface area contributed by atoms with Crippen LogP contribution in [0.2, 0.25) is 5.02 Å². The van der Waals surface area contributed by atoms with E-state index in [0.717, 1.165) is 28.0 Å². The van der Waals surface area contributed by atoms with Crippen LogP contribution < -0.4 is 14.8 Å². The number of carbonyl (C=O) groups is 2. The second-order valence-corrected chi connectivity index (χ2v) is 8.34. The number of benzene rings is 2. The number of nitrogens with one attached hydrogen (secondary N) is 1. The molecule has 0 bridgehead atoms. The van der Waals surface area contributed by atoms with Gasteiger partial charge in [-0.1, -0.05) is 17.7 Å². The Bertz CT molecular complexity index is 1110. The Kier molecular flexibility index (Phi) is 7.20. The van der Waals surface area contributed by atoms with Gasteiger partial charge in [0.05, 0.1) is 23.8 Å². The van der Waals surface area contributed by atoms with Crippen LogP contribution in [0.15, 0.2) is 47.8 Å². The van der Waals surface area contributed by atoms with Crippen LogP contribution in [0.4, 0.5) is 0 Å². The lowest BCUT2D eigenvalue weighted by Crippen LogP contribution is -2.23. The molecule has 0 spiro atoms. The number of hydrogen-bond acceptors (Lipinski definition) is 5. The molecule has 0 aliphatic carbocycles. The summed E-state index contributed by atoms with van der Waals surface area (Å²) in [4.78, 5) is 24.1. The fourth-order valence-corrected chi connectivity index (χ4v) is 4.00. The van der Waals surface area contributed by atoms with E-state index in [9.17, 15) is 9.59 Å². The first-order valence-corrected chi connectivity index (χ1v) is 10.8. The first-order chi connectivity index (χ1) is 14.8. The molecule has 0 aliphatic heterocycles. The first kappa shape index (κ1) is 22.7. The van der Waals surface area contributed by atoms with E-state index in [1.807, 2.05) is 26.0 Å². The number of rotatable bonds is 8. The van der Waals surface area contributed by atoms with Crippen LogP contribution in [0, 0.1) is 0 Å². The van der Waals surface area contributed by atoms with E-state index in [-0.39, 0.29) is 23.4 Å². The summed E-state index contributed by atoms with van der Waals surface area (Å²) < 4.78 is 11.0. The van der Waals surface area contributed by atoms with Crippen LogP contribution in [0.1, 0.15) is 39.4 Å². The summed E-state index contributed by atoms with van der Waals surface area (Å²) in [5.41, 5.74) is 2.73. The molecule has 31 heavy (non-hydrogen) atoms. The van der Waals surface area contributed by atoms with Gasteiger partial charge < -0.3 is 19.9 Å². The van der Waals surface area contributed by atoms with Crippen LogP contribution in [0.5, 0.6) is 11.5 Å². The summed E-state index contributed by atoms with van der Waals surface area (Å²) in [7, 11) is 1.55. The molecule has 2 aromatic carbocycles. The summed E-state index contributed by atoms with van der Waals surface area (Å²) in [5, 5.41) is 14.1. The van der Waals surface area contributed by atoms with Gasteiger partial charge >= 0.3 is 5.97 Å². The van der Waals surface area contributed by atoms with Crippen molar-refractivity contribution in [2.45, 2.75) is 26.5 Å². The zero-order chi connectivity index (χ0) is 22.5. The maximum Gasteiger partial charge on any atom is 0.345 e. The molecule has 2 N–H and O–H groups in total. The van der Waals surface area contributed by atoms with Crippen molar-refractivity contribution in [3.05, 3.63) is 68.9 Å². The average Bonchev–Trinajstić information content (AvgIpc) is 3.22. The van der Waals surface area contributed by atoms with Gasteiger partial charge in [0.1, 0.15) is 16.4 Å². The fraction of sp³-hybridized carbons (Fsp3) is 0.217. The van der Waals surface area contributed by atoms with Crippen LogP contribution in [0.3, 0.4) is 0 Å². The smallest absolute Gasteiger partial charge is 0.345 e. The zero-order valence-corrected chi connectivity index (χ0v) is 18.8. The van der Waals surface area contributed by atoms with Gasteiger partial charge in [-0.2, -0.15) is 0 Å². The molecule has 162 valence electrons. The summed E-state index contributed by atoms with van der Waals surface area (Å²) in [5.74, 6) is -0.0666. The molecular weight excluding hydrogens is 438 g/mol. The van der Waals surface area contributed by atoms with Gasteiger partial charge in [-0.05, 0) is 66.8 Å². The monoisotopic (exact) mass is 459 g/mol. The second-order valence-electron chi connectivity index (χ2n) is 7.02. The maximum atomic E-state index is 12.7. The molecule has 0 fully saturated rings. The maximum absolute atomic E-state index is 12.7. The lowest BCUT2D eigenvalue weighted by Gasteiger charge is -2.13. The summed E-state index contributed by atoms with van der Waals surface area (Å²) in [6.45, 7) is 4.04. The highest BCUT2D eigenvalue weighted by molar-refractivity contribution is 7.12. The van der Waals surface area contributed by atoms with Crippen LogP contribution in [-0.2, 0) is 6.54 Å². The van der Waals surface area contributed by atoms with E-state index in [0.29, 0.717) is 22.1 Å². The molecule has 0 saturated carbocycles. The molecule has 0 atom stereocenters. The van der Waals surface area contributed by atoms with Gasteiger partial charge in [0.15, 0.2) is 0 Å². The minimum Gasteiger partial charge on any atom is -0.496 e. The quantitative estimate of drug-likeness (QED) is 0.465. The van der Waals surface area contributed by atoms with Crippen molar-refractivity contribution >= 4 is 34.8 Å². The van der Waals surface area contributed by atoms with Crippen LogP contribution in [0.25, 0.3) is 11.1 Å². The number of carboxylic acids is 1. The first-order valence-electron chi connectivity index (χ1n) is 9.52. The van der Waals surface area contributed by atoms with E-state index < -0.39 is 5.97 Å². The number of hydrogen-bond donors (Lipinski definition) is 2. The van der Waals surface area contributed by atoms with Crippen molar-refractivity contribution in [1.82, 2.24) is 5.32 Å². The van der Waals surface area contributed by atoms with E-state index in [1.54, 1.807) is 42.8 Å². The fourth-order valence-electron chi connectivity index (χ4n) is 2.99. The summed E-state index contributed by atoms with van der Waals surface area (Å²) >= 11 is 7.43. The van der Waals surface area contributed by atoms with Crippen molar-refractivity contribution in [2.75, 3.05) is 7.11 Å². The number of aromatic carboxylic acids is 1. The van der Waals surface area contributed by atoms with Crippen LogP contribution >= 0.6 is 22.9 Å². The number of methoxy groups -OCH3 is 1. The Morgan fingerprint density at radius 1 is 1.13 bits per heavy atom. The minimum absolute atomic E-state index is 0.00490. The van der Waals surface area contributed by atoms with Gasteiger partial charge in [-0.15, -0.1) is 11.3 Å². The predicted molar refractivity (Wildman–Crippen MR) is 122 cm³/mol. The second kappa shape index (κ2) is 9.85. The Balaban J connectivity index is 1.77. The van der Waals surface area contributed by atoms with Crippen molar-refractivity contribution < 1.29 is 24.2 Å². The number of carbonyl (C=O) groups excluding carboxylic acids is 1. The molecule has 1 aromatic heterocycles. The third kappa shape index (κ3) is 5.57. The molecule has 0 saturated heterocycles. The third-order valence-corrected chi connectivity index (χ3v) is 5.65. The number of amides is 1. The molecule has 6 nitrogen and oxygen atoms in total. The van der Waals surface area contributed by atoms with Crippen molar-refractivity contribution in [3.63, 3.8) is 0 Å². The largest absolute Gasteiger partial charge is 0.496 e. The Labute approximate surface area is 189 Å². The number of halogens is 1. The highest BCUT2D eigenvalue weighted by atomic mass is 35.5. The molecule has 3 aromatic rings. The highest BCUT2D eigenvalue weighted by Crippen LogP contribution is 2.30. The average molecular weight is 460 g/mol. The molecule has 8 heteroatoms. The van der Waals surface area contributed by atoms with Crippen molar-refractivity contribution in [2.24, 2.45) is 0 Å². The zero-order valence-electron chi connectivity index (χ0n) is 17.3. The van der Waals surface area contributed by atoms with Gasteiger partial charge in [0.25, 0.3) is 5.91 Å². The lowest BCUT2D eigenvalue weighted by atomic mass is 10.0. The topological polar surface area (TPSA) is 84.9 Å². The van der Waals surface area contributed by atoms with E-state index >= 15 is 0 Å². The van der Waals surface area contributed by atoms with Crippen LogP contribution in [-0.4, -0.2) is 30.2 Å². The number of ether oxygens (including phenoxy) is 2. The van der Waals surface area contributed by atoms with Gasteiger partial charge in [0, 0.05) is 12.1 Å². The SMILES string of the molecule is COc1ccc(-c2csc(C(=O)O)c2)cc1CNC(=O)c1ccc(OC(C)C)cc1Cl. The summed E-state index contributed by atoms with van der Waals surface area (Å²) in [6.07, 6.45) is 0.00490. The summed E-state index contributed by atoms with van der Waals surface area (Å²) in [6, 6.07) is 12.1. The minimum atomic E-state index is -0.959. The van der Waals surface area contributed by atoms with E-state index in [1.165, 1.54) is 0 Å². The van der Waals surface area contributed by atoms with Crippen molar-refractivity contribution in [1.29, 1.82) is 0 Å². The number of carboxylic acid groups (broad SMARTS) is 1. The third-order valence-electron chi connectivity index (χ3n) is 4.42. The van der Waals surface area contributed by atoms with Gasteiger partial charge in [-0.25, -0.2) is 4.79 Å². The molecule has 3 rings (SSSR count). The molecule has 0 aliphatic rings. The highest BCUT2D eigenvalue weighted by Gasteiger charge is 2.14.